The van der Waals surface area contributed by atoms with E-state index in [9.17, 15) is 0 Å². The van der Waals surface area contributed by atoms with Gasteiger partial charge in [-0.05, 0) is 30.7 Å². The number of nitrogens with one attached hydrogen (secondary N) is 1. The fourth-order valence-electron chi connectivity index (χ4n) is 3.51. The van der Waals surface area contributed by atoms with Crippen LogP contribution in [0.5, 0.6) is 5.75 Å². The summed E-state index contributed by atoms with van der Waals surface area (Å²) in [6.45, 7) is 6.05. The van der Waals surface area contributed by atoms with Crippen LogP contribution in [0, 0.1) is 0 Å². The Morgan fingerprint density at radius 2 is 1.86 bits per heavy atom. The van der Waals surface area contributed by atoms with Crippen molar-refractivity contribution in [1.29, 1.82) is 0 Å². The molecule has 0 spiro atoms. The average Bonchev–Trinajstić information content (AvgIpc) is 2.56. The van der Waals surface area contributed by atoms with Gasteiger partial charge in [0.1, 0.15) is 5.75 Å². The lowest BCUT2D eigenvalue weighted by Crippen LogP contribution is -2.56. The minimum absolute atomic E-state index is 0.476. The Kier molecular flexibility index (Phi) is 3.37. The molecule has 1 unspecified atom stereocenters. The molecule has 1 fully saturated rings. The van der Waals surface area contributed by atoms with Crippen molar-refractivity contribution >= 4 is 11.6 Å². The Labute approximate surface area is 135 Å². The quantitative estimate of drug-likeness (QED) is 0.872. The zero-order valence-corrected chi connectivity index (χ0v) is 13.4. The fraction of sp³-hybridized carbons (Fsp3) is 0.333. The molecule has 2 aliphatic rings. The van der Waals surface area contributed by atoms with Crippen LogP contribution in [0.4, 0.5) is 0 Å². The summed E-state index contributed by atoms with van der Waals surface area (Å²) in [6, 6.07) is 14.4. The minimum Gasteiger partial charge on any atom is -0.468 e. The van der Waals surface area contributed by atoms with E-state index in [1.54, 1.807) is 0 Å². The molecular weight excluding hydrogens is 296 g/mol. The first kappa shape index (κ1) is 14.1. The summed E-state index contributed by atoms with van der Waals surface area (Å²) in [5.74, 6) is 0.943. The van der Waals surface area contributed by atoms with Crippen LogP contribution in [-0.4, -0.2) is 31.1 Å². The highest BCUT2D eigenvalue weighted by atomic mass is 35.5. The van der Waals surface area contributed by atoms with Crippen molar-refractivity contribution in [2.75, 3.05) is 26.2 Å². The topological polar surface area (TPSA) is 24.5 Å². The molecule has 1 N–H and O–H groups in total. The Bertz CT molecular complexity index is 712. The second-order valence-corrected chi connectivity index (χ2v) is 6.44. The van der Waals surface area contributed by atoms with Crippen LogP contribution in [0.2, 0.25) is 5.02 Å². The van der Waals surface area contributed by atoms with E-state index >= 15 is 0 Å². The first-order chi connectivity index (χ1) is 10.7. The van der Waals surface area contributed by atoms with Crippen molar-refractivity contribution in [2.45, 2.75) is 12.6 Å². The van der Waals surface area contributed by atoms with Gasteiger partial charge in [-0.25, -0.2) is 0 Å². The number of nitrogens with zero attached hydrogens (tertiary/aromatic N) is 1. The molecule has 0 radical (unpaired) electrons. The van der Waals surface area contributed by atoms with Gasteiger partial charge in [0.15, 0.2) is 5.72 Å². The van der Waals surface area contributed by atoms with E-state index in [0.29, 0.717) is 0 Å². The van der Waals surface area contributed by atoms with Crippen LogP contribution >= 0.6 is 11.6 Å². The number of halogens is 1. The predicted molar refractivity (Wildman–Crippen MR) is 89.3 cm³/mol. The first-order valence-electron chi connectivity index (χ1n) is 7.73. The number of hydrogen-bond donors (Lipinski definition) is 1. The highest BCUT2D eigenvalue weighted by Crippen LogP contribution is 2.47. The largest absolute Gasteiger partial charge is 0.468 e. The molecule has 2 aliphatic heterocycles. The van der Waals surface area contributed by atoms with Crippen LogP contribution < -0.4 is 10.1 Å². The van der Waals surface area contributed by atoms with Crippen molar-refractivity contribution in [3.63, 3.8) is 0 Å². The van der Waals surface area contributed by atoms with Crippen LogP contribution in [0.3, 0.4) is 0 Å². The van der Waals surface area contributed by atoms with E-state index in [0.717, 1.165) is 48.1 Å². The fourth-order valence-corrected chi connectivity index (χ4v) is 3.68. The van der Waals surface area contributed by atoms with E-state index in [2.05, 4.69) is 35.3 Å². The molecule has 1 saturated heterocycles. The summed E-state index contributed by atoms with van der Waals surface area (Å²) in [6.07, 6.45) is 0. The lowest BCUT2D eigenvalue weighted by atomic mass is 9.88. The summed E-state index contributed by atoms with van der Waals surface area (Å²) in [4.78, 5) is 2.40. The Morgan fingerprint density at radius 1 is 1.09 bits per heavy atom. The Balaban J connectivity index is 1.90. The van der Waals surface area contributed by atoms with E-state index < -0.39 is 5.72 Å². The lowest BCUT2D eigenvalue weighted by molar-refractivity contribution is -0.0844. The SMILES string of the molecule is CC1(N2CCNCC2)Oc2ccccc2-c2ccc(Cl)cc21. The van der Waals surface area contributed by atoms with Crippen LogP contribution in [-0.2, 0) is 5.72 Å². The molecule has 4 heteroatoms. The number of benzene rings is 2. The molecule has 0 aliphatic carbocycles. The van der Waals surface area contributed by atoms with Crippen molar-refractivity contribution in [3.05, 3.63) is 53.1 Å². The monoisotopic (exact) mass is 314 g/mol. The van der Waals surface area contributed by atoms with E-state index in [1.165, 1.54) is 5.56 Å². The number of ether oxygens (including phenoxy) is 1. The summed E-state index contributed by atoms with van der Waals surface area (Å²) in [5.41, 5.74) is 3.03. The molecule has 4 rings (SSSR count). The number of rotatable bonds is 1. The molecule has 2 aromatic rings. The van der Waals surface area contributed by atoms with E-state index in [1.807, 2.05) is 24.3 Å². The summed E-state index contributed by atoms with van der Waals surface area (Å²) in [5, 5.41) is 4.16. The van der Waals surface area contributed by atoms with Gasteiger partial charge in [0.2, 0.25) is 0 Å². The maximum absolute atomic E-state index is 6.48. The molecule has 0 saturated carbocycles. The standard InChI is InChI=1S/C18H19ClN2O/c1-18(21-10-8-20-9-11-21)16-12-13(19)6-7-14(16)15-4-2-3-5-17(15)22-18/h2-7,12,20H,8-11H2,1H3. The molecular formula is C18H19ClN2O. The minimum atomic E-state index is -0.476. The molecule has 0 bridgehead atoms. The number of piperazine rings is 1. The average molecular weight is 315 g/mol. The normalized spacial score (nSPS) is 24.3. The van der Waals surface area contributed by atoms with Gasteiger partial charge in [0.05, 0.1) is 0 Å². The van der Waals surface area contributed by atoms with Crippen molar-refractivity contribution in [2.24, 2.45) is 0 Å². The number of para-hydroxylation sites is 1. The Hall–Kier alpha value is -1.55. The smallest absolute Gasteiger partial charge is 0.187 e. The Morgan fingerprint density at radius 3 is 2.68 bits per heavy atom. The van der Waals surface area contributed by atoms with Crippen LogP contribution in [0.1, 0.15) is 12.5 Å². The molecule has 114 valence electrons. The molecule has 2 aromatic carbocycles. The maximum Gasteiger partial charge on any atom is 0.187 e. The van der Waals surface area contributed by atoms with Gasteiger partial charge in [0, 0.05) is 42.3 Å². The molecule has 0 amide bonds. The summed E-state index contributed by atoms with van der Waals surface area (Å²) < 4.78 is 6.48. The molecule has 22 heavy (non-hydrogen) atoms. The van der Waals surface area contributed by atoms with Crippen molar-refractivity contribution in [3.8, 4) is 16.9 Å². The second kappa shape index (κ2) is 5.27. The van der Waals surface area contributed by atoms with Gasteiger partial charge in [-0.3, -0.25) is 4.90 Å². The van der Waals surface area contributed by atoms with Gasteiger partial charge in [-0.2, -0.15) is 0 Å². The molecule has 1 atom stereocenters. The summed E-state index contributed by atoms with van der Waals surface area (Å²) >= 11 is 6.28. The van der Waals surface area contributed by atoms with Crippen LogP contribution in [0.15, 0.2) is 42.5 Å². The van der Waals surface area contributed by atoms with Gasteiger partial charge >= 0.3 is 0 Å². The van der Waals surface area contributed by atoms with E-state index in [-0.39, 0.29) is 0 Å². The van der Waals surface area contributed by atoms with Crippen molar-refractivity contribution < 1.29 is 4.74 Å². The van der Waals surface area contributed by atoms with Crippen molar-refractivity contribution in [1.82, 2.24) is 10.2 Å². The zero-order chi connectivity index (χ0) is 15.2. The molecule has 3 nitrogen and oxygen atoms in total. The predicted octanol–water partition coefficient (Wildman–Crippen LogP) is 3.48. The lowest BCUT2D eigenvalue weighted by Gasteiger charge is -2.46. The van der Waals surface area contributed by atoms with Crippen LogP contribution in [0.25, 0.3) is 11.1 Å². The third-order valence-corrected chi connectivity index (χ3v) is 4.92. The highest BCUT2D eigenvalue weighted by molar-refractivity contribution is 6.30. The highest BCUT2D eigenvalue weighted by Gasteiger charge is 2.42. The van der Waals surface area contributed by atoms with Gasteiger partial charge in [0.25, 0.3) is 0 Å². The number of fused-ring (bicyclic) bond motifs is 3. The second-order valence-electron chi connectivity index (χ2n) is 6.01. The van der Waals surface area contributed by atoms with E-state index in [4.69, 9.17) is 16.3 Å². The molecule has 0 aromatic heterocycles. The van der Waals surface area contributed by atoms with Gasteiger partial charge < -0.3 is 10.1 Å². The van der Waals surface area contributed by atoms with Gasteiger partial charge in [-0.1, -0.05) is 35.9 Å². The third-order valence-electron chi connectivity index (χ3n) is 4.69. The maximum atomic E-state index is 6.48. The zero-order valence-electron chi connectivity index (χ0n) is 12.6. The summed E-state index contributed by atoms with van der Waals surface area (Å²) in [7, 11) is 0. The number of hydrogen-bond acceptors (Lipinski definition) is 3. The first-order valence-corrected chi connectivity index (χ1v) is 8.10. The van der Waals surface area contributed by atoms with Gasteiger partial charge in [-0.15, -0.1) is 0 Å². The molecule has 2 heterocycles. The third kappa shape index (κ3) is 2.12.